The summed E-state index contributed by atoms with van der Waals surface area (Å²) in [5, 5.41) is 3.29. The van der Waals surface area contributed by atoms with Crippen molar-refractivity contribution in [2.75, 3.05) is 0 Å². The highest BCUT2D eigenvalue weighted by Gasteiger charge is 2.46. The van der Waals surface area contributed by atoms with E-state index >= 15 is 0 Å². The van der Waals surface area contributed by atoms with Gasteiger partial charge in [0.15, 0.2) is 5.75 Å². The fourth-order valence-corrected chi connectivity index (χ4v) is 3.55. The quantitative estimate of drug-likeness (QED) is 0.889. The van der Waals surface area contributed by atoms with E-state index in [-0.39, 0.29) is 24.5 Å². The molecule has 2 heterocycles. The number of primary amides is 1. The Morgan fingerprint density at radius 1 is 1.33 bits per heavy atom. The van der Waals surface area contributed by atoms with Crippen LogP contribution in [0, 0.1) is 5.92 Å². The van der Waals surface area contributed by atoms with Crippen LogP contribution in [-0.4, -0.2) is 17.0 Å². The number of rotatable bonds is 3. The summed E-state index contributed by atoms with van der Waals surface area (Å²) < 4.78 is 32.2. The topological polar surface area (TPSA) is 77.2 Å². The fraction of sp³-hybridized carbons (Fsp3) is 0.412. The van der Waals surface area contributed by atoms with Gasteiger partial charge in [0.1, 0.15) is 0 Å². The Hall–Kier alpha value is -2.44. The summed E-state index contributed by atoms with van der Waals surface area (Å²) in [5.74, 6) is -2.46. The van der Waals surface area contributed by atoms with Gasteiger partial charge in [0.25, 0.3) is 0 Å². The number of alkyl halides is 2. The van der Waals surface area contributed by atoms with E-state index in [4.69, 9.17) is 10.5 Å². The number of allylic oxidation sites excluding steroid dienone is 2. The fourth-order valence-electron chi connectivity index (χ4n) is 3.55. The van der Waals surface area contributed by atoms with E-state index in [1.165, 1.54) is 6.20 Å². The molecule has 0 spiro atoms. The average molecular weight is 335 g/mol. The average Bonchev–Trinajstić information content (AvgIpc) is 2.55. The number of hydrogen-bond acceptors (Lipinski definition) is 4. The zero-order chi connectivity index (χ0) is 17.2. The molecule has 3 N–H and O–H groups in total. The number of nitrogens with two attached hydrogens (primary N) is 1. The number of carbonyl (C=O) groups is 1. The second-order valence-corrected chi connectivity index (χ2v) is 6.15. The van der Waals surface area contributed by atoms with E-state index in [1.807, 2.05) is 18.2 Å². The largest absolute Gasteiger partial charge is 0.410 e. The maximum atomic E-state index is 13.6. The molecule has 1 aliphatic carbocycles. The number of aromatic nitrogens is 1. The maximum absolute atomic E-state index is 13.6. The van der Waals surface area contributed by atoms with Crippen molar-refractivity contribution in [3.8, 4) is 5.75 Å². The van der Waals surface area contributed by atoms with Gasteiger partial charge in [-0.3, -0.25) is 4.98 Å². The monoisotopic (exact) mass is 335 g/mol. The minimum Gasteiger partial charge on any atom is -0.408 e. The van der Waals surface area contributed by atoms with Gasteiger partial charge >= 0.3 is 6.09 Å². The summed E-state index contributed by atoms with van der Waals surface area (Å²) in [6.07, 6.45) is 9.82. The van der Waals surface area contributed by atoms with Crippen molar-refractivity contribution in [2.45, 2.75) is 37.1 Å². The lowest BCUT2D eigenvalue weighted by molar-refractivity contribution is -0.0539. The molecule has 1 unspecified atom stereocenters. The summed E-state index contributed by atoms with van der Waals surface area (Å²) in [4.78, 5) is 15.2. The van der Waals surface area contributed by atoms with Gasteiger partial charge in [-0.1, -0.05) is 12.2 Å². The second kappa shape index (κ2) is 6.22. The number of amides is 1. The van der Waals surface area contributed by atoms with Gasteiger partial charge in [0, 0.05) is 24.6 Å². The highest BCUT2D eigenvalue weighted by molar-refractivity contribution is 5.68. The maximum Gasteiger partial charge on any atom is 0.410 e. The van der Waals surface area contributed by atoms with E-state index < -0.39 is 17.6 Å². The van der Waals surface area contributed by atoms with Gasteiger partial charge in [-0.15, -0.1) is 0 Å². The van der Waals surface area contributed by atoms with Crippen molar-refractivity contribution in [1.82, 2.24) is 10.3 Å². The molecule has 1 atom stereocenters. The third kappa shape index (κ3) is 3.11. The predicted molar refractivity (Wildman–Crippen MR) is 84.4 cm³/mol. The van der Waals surface area contributed by atoms with Crippen LogP contribution in [0.25, 0.3) is 0 Å². The van der Waals surface area contributed by atoms with Crippen molar-refractivity contribution in [2.24, 2.45) is 11.7 Å². The zero-order valence-electron chi connectivity index (χ0n) is 13.0. The number of carbonyl (C=O) groups excluding carboxylic acids is 1. The lowest BCUT2D eigenvalue weighted by Crippen LogP contribution is -2.48. The number of nitrogens with one attached hydrogen (secondary N) is 1. The molecule has 1 amide bonds. The number of ether oxygens (including phenoxy) is 1. The SMILES string of the molecule is NC(=O)Oc1cnccc1C1(C2CCC(F)(F)CC2)C=CC=CN1. The molecule has 24 heavy (non-hydrogen) atoms. The Morgan fingerprint density at radius 2 is 2.08 bits per heavy atom. The predicted octanol–water partition coefficient (Wildman–Crippen LogP) is 3.23. The molecule has 1 fully saturated rings. The van der Waals surface area contributed by atoms with Crippen LogP contribution >= 0.6 is 0 Å². The van der Waals surface area contributed by atoms with Gasteiger partial charge in [-0.25, -0.2) is 13.6 Å². The number of dihydropyridines is 1. The number of pyridine rings is 1. The first-order valence-electron chi connectivity index (χ1n) is 7.85. The highest BCUT2D eigenvalue weighted by Crippen LogP contribution is 2.47. The van der Waals surface area contributed by atoms with Crippen LogP contribution in [0.4, 0.5) is 13.6 Å². The van der Waals surface area contributed by atoms with Crippen LogP contribution in [0.2, 0.25) is 0 Å². The molecule has 1 aromatic rings. The number of hydrogen-bond donors (Lipinski definition) is 2. The molecule has 1 aliphatic heterocycles. The minimum atomic E-state index is -2.61. The smallest absolute Gasteiger partial charge is 0.408 e. The molecule has 1 saturated carbocycles. The molecule has 128 valence electrons. The van der Waals surface area contributed by atoms with Gasteiger partial charge < -0.3 is 15.8 Å². The van der Waals surface area contributed by atoms with Crippen LogP contribution in [0.5, 0.6) is 5.75 Å². The summed E-state index contributed by atoms with van der Waals surface area (Å²) >= 11 is 0. The molecule has 7 heteroatoms. The third-order valence-electron chi connectivity index (χ3n) is 4.69. The van der Waals surface area contributed by atoms with E-state index in [9.17, 15) is 13.6 Å². The van der Waals surface area contributed by atoms with Crippen molar-refractivity contribution in [3.05, 3.63) is 48.5 Å². The third-order valence-corrected chi connectivity index (χ3v) is 4.69. The first-order chi connectivity index (χ1) is 11.4. The van der Waals surface area contributed by atoms with Gasteiger partial charge in [0.2, 0.25) is 5.92 Å². The van der Waals surface area contributed by atoms with E-state index in [1.54, 1.807) is 18.5 Å². The van der Waals surface area contributed by atoms with E-state index in [0.717, 1.165) is 0 Å². The molecule has 3 rings (SSSR count). The first-order valence-corrected chi connectivity index (χ1v) is 7.85. The lowest BCUT2D eigenvalue weighted by atomic mass is 9.69. The summed E-state index contributed by atoms with van der Waals surface area (Å²) in [5.41, 5.74) is 5.06. The van der Waals surface area contributed by atoms with Crippen molar-refractivity contribution in [1.29, 1.82) is 0 Å². The minimum absolute atomic E-state index is 0.0732. The zero-order valence-corrected chi connectivity index (χ0v) is 13.0. The summed E-state index contributed by atoms with van der Waals surface area (Å²) in [6.45, 7) is 0. The Balaban J connectivity index is 2.00. The summed E-state index contributed by atoms with van der Waals surface area (Å²) in [7, 11) is 0. The Bertz CT molecular complexity index is 680. The highest BCUT2D eigenvalue weighted by atomic mass is 19.3. The lowest BCUT2D eigenvalue weighted by Gasteiger charge is -2.44. The Morgan fingerprint density at radius 3 is 2.71 bits per heavy atom. The Kier molecular flexibility index (Phi) is 4.26. The van der Waals surface area contributed by atoms with Gasteiger partial charge in [0.05, 0.1) is 11.7 Å². The molecule has 5 nitrogen and oxygen atoms in total. The van der Waals surface area contributed by atoms with Crippen LogP contribution in [0.3, 0.4) is 0 Å². The van der Waals surface area contributed by atoms with Crippen molar-refractivity contribution in [3.63, 3.8) is 0 Å². The Labute approximate surface area is 138 Å². The van der Waals surface area contributed by atoms with Crippen LogP contribution in [-0.2, 0) is 5.54 Å². The van der Waals surface area contributed by atoms with Crippen molar-refractivity contribution < 1.29 is 18.3 Å². The molecule has 2 aliphatic rings. The van der Waals surface area contributed by atoms with Crippen molar-refractivity contribution >= 4 is 6.09 Å². The normalized spacial score (nSPS) is 25.9. The molecule has 0 radical (unpaired) electrons. The molecular weight excluding hydrogens is 316 g/mol. The number of nitrogens with zero attached hydrogens (tertiary/aromatic N) is 1. The van der Waals surface area contributed by atoms with Crippen LogP contribution in [0.1, 0.15) is 31.2 Å². The second-order valence-electron chi connectivity index (χ2n) is 6.15. The first kappa shape index (κ1) is 16.4. The molecule has 0 bridgehead atoms. The van der Waals surface area contributed by atoms with Crippen LogP contribution in [0.15, 0.2) is 42.9 Å². The van der Waals surface area contributed by atoms with E-state index in [0.29, 0.717) is 18.4 Å². The summed E-state index contributed by atoms with van der Waals surface area (Å²) in [6, 6.07) is 1.72. The standard InChI is InChI=1S/C17H19F2N3O2/c18-16(19)7-3-12(4-8-16)17(6-1-2-9-22-17)13-5-10-21-11-14(13)24-15(20)23/h1-2,5-6,9-12,22H,3-4,7-8H2,(H2,20,23). The molecular formula is C17H19F2N3O2. The molecule has 0 saturated heterocycles. The molecule has 0 aromatic carbocycles. The molecule has 1 aromatic heterocycles. The number of halogens is 2. The van der Waals surface area contributed by atoms with E-state index in [2.05, 4.69) is 10.3 Å². The van der Waals surface area contributed by atoms with Crippen LogP contribution < -0.4 is 15.8 Å². The van der Waals surface area contributed by atoms with Gasteiger partial charge in [-0.05, 0) is 37.1 Å². The van der Waals surface area contributed by atoms with Gasteiger partial charge in [-0.2, -0.15) is 0 Å².